The second-order valence-electron chi connectivity index (χ2n) is 3.52. The molecule has 5 heteroatoms. The van der Waals surface area contributed by atoms with Gasteiger partial charge in [0.05, 0.1) is 12.9 Å². The van der Waals surface area contributed by atoms with Gasteiger partial charge in [-0.15, -0.1) is 0 Å². The van der Waals surface area contributed by atoms with Crippen LogP contribution in [0.15, 0.2) is 24.3 Å². The highest BCUT2D eigenvalue weighted by atomic mass is 32.2. The van der Waals surface area contributed by atoms with Crippen LogP contribution in [0.2, 0.25) is 0 Å². The molecule has 1 atom stereocenters. The zero-order valence-electron chi connectivity index (χ0n) is 9.73. The van der Waals surface area contributed by atoms with E-state index >= 15 is 0 Å². The van der Waals surface area contributed by atoms with Crippen molar-refractivity contribution < 1.29 is 13.2 Å². The topological polar surface area (TPSA) is 55.4 Å². The van der Waals surface area contributed by atoms with E-state index in [9.17, 15) is 8.42 Å². The highest BCUT2D eigenvalue weighted by Crippen LogP contribution is 2.17. The van der Waals surface area contributed by atoms with Crippen LogP contribution >= 0.6 is 0 Å². The van der Waals surface area contributed by atoms with Crippen molar-refractivity contribution in [3.8, 4) is 5.75 Å². The van der Waals surface area contributed by atoms with Crippen molar-refractivity contribution in [3.63, 3.8) is 0 Å². The Morgan fingerprint density at radius 3 is 2.31 bits per heavy atom. The zero-order valence-corrected chi connectivity index (χ0v) is 10.5. The molecular weight excluding hydrogens is 226 g/mol. The molecule has 0 saturated heterocycles. The Kier molecular flexibility index (Phi) is 4.32. The molecule has 0 radical (unpaired) electrons. The summed E-state index contributed by atoms with van der Waals surface area (Å²) < 4.78 is 30.4. The van der Waals surface area contributed by atoms with Crippen LogP contribution in [0.1, 0.15) is 25.5 Å². The van der Waals surface area contributed by atoms with Gasteiger partial charge in [0.2, 0.25) is 10.0 Å². The van der Waals surface area contributed by atoms with Crippen LogP contribution in [0.5, 0.6) is 5.75 Å². The van der Waals surface area contributed by atoms with Gasteiger partial charge in [0, 0.05) is 6.04 Å². The number of nitrogens with one attached hydrogen (secondary N) is 1. The zero-order chi connectivity index (χ0) is 12.2. The molecule has 0 saturated carbocycles. The molecule has 4 nitrogen and oxygen atoms in total. The molecular formula is C11H17NO3S. The molecule has 1 aromatic carbocycles. The smallest absolute Gasteiger partial charge is 0.211 e. The van der Waals surface area contributed by atoms with Crippen LogP contribution in [0.25, 0.3) is 0 Å². The predicted octanol–water partition coefficient (Wildman–Crippen LogP) is 1.70. The van der Waals surface area contributed by atoms with Crippen LogP contribution in [-0.4, -0.2) is 21.3 Å². The Bertz CT molecular complexity index is 425. The van der Waals surface area contributed by atoms with Gasteiger partial charge in [0.25, 0.3) is 0 Å². The van der Waals surface area contributed by atoms with Crippen molar-refractivity contribution in [2.24, 2.45) is 0 Å². The predicted molar refractivity (Wildman–Crippen MR) is 64.0 cm³/mol. The number of hydrogen-bond acceptors (Lipinski definition) is 3. The first kappa shape index (κ1) is 13.0. The van der Waals surface area contributed by atoms with E-state index in [1.54, 1.807) is 14.0 Å². The van der Waals surface area contributed by atoms with E-state index in [0.717, 1.165) is 11.3 Å². The number of ether oxygens (including phenoxy) is 1. The molecule has 0 bridgehead atoms. The molecule has 0 aliphatic rings. The van der Waals surface area contributed by atoms with Gasteiger partial charge in [-0.3, -0.25) is 0 Å². The van der Waals surface area contributed by atoms with Crippen molar-refractivity contribution in [1.82, 2.24) is 4.72 Å². The van der Waals surface area contributed by atoms with E-state index in [4.69, 9.17) is 4.74 Å². The van der Waals surface area contributed by atoms with Crippen LogP contribution in [-0.2, 0) is 10.0 Å². The summed E-state index contributed by atoms with van der Waals surface area (Å²) in [4.78, 5) is 0. The van der Waals surface area contributed by atoms with Crippen molar-refractivity contribution in [2.75, 3.05) is 12.9 Å². The molecule has 0 aliphatic heterocycles. The summed E-state index contributed by atoms with van der Waals surface area (Å²) in [5, 5.41) is 0. The SMILES string of the molecule is CCS(=O)(=O)N[C@H](C)c1ccc(OC)cc1. The van der Waals surface area contributed by atoms with Crippen molar-refractivity contribution >= 4 is 10.0 Å². The minimum atomic E-state index is -3.16. The Morgan fingerprint density at radius 1 is 1.31 bits per heavy atom. The molecule has 16 heavy (non-hydrogen) atoms. The molecule has 0 unspecified atom stereocenters. The molecule has 1 aromatic rings. The summed E-state index contributed by atoms with van der Waals surface area (Å²) in [5.74, 6) is 0.849. The summed E-state index contributed by atoms with van der Waals surface area (Å²) in [5.41, 5.74) is 0.915. The standard InChI is InChI=1S/C11H17NO3S/c1-4-16(13,14)12-9(2)10-5-7-11(15-3)8-6-10/h5-9,12H,4H2,1-3H3/t9-/m1/s1. The lowest BCUT2D eigenvalue weighted by molar-refractivity contribution is 0.414. The van der Waals surface area contributed by atoms with Crippen molar-refractivity contribution in [3.05, 3.63) is 29.8 Å². The normalized spacial score (nSPS) is 13.4. The van der Waals surface area contributed by atoms with Crippen molar-refractivity contribution in [1.29, 1.82) is 0 Å². The van der Waals surface area contributed by atoms with Crippen LogP contribution in [0.4, 0.5) is 0 Å². The summed E-state index contributed by atoms with van der Waals surface area (Å²) >= 11 is 0. The molecule has 0 heterocycles. The summed E-state index contributed by atoms with van der Waals surface area (Å²) in [6, 6.07) is 7.09. The summed E-state index contributed by atoms with van der Waals surface area (Å²) in [7, 11) is -1.57. The fraction of sp³-hybridized carbons (Fsp3) is 0.455. The van der Waals surface area contributed by atoms with Crippen molar-refractivity contribution in [2.45, 2.75) is 19.9 Å². The number of methoxy groups -OCH3 is 1. The van der Waals surface area contributed by atoms with Crippen LogP contribution < -0.4 is 9.46 Å². The minimum absolute atomic E-state index is 0.0908. The van der Waals surface area contributed by atoms with E-state index in [1.165, 1.54) is 0 Å². The maximum absolute atomic E-state index is 11.4. The first-order valence-electron chi connectivity index (χ1n) is 5.12. The highest BCUT2D eigenvalue weighted by Gasteiger charge is 2.13. The lowest BCUT2D eigenvalue weighted by Crippen LogP contribution is -2.28. The molecule has 90 valence electrons. The average molecular weight is 243 g/mol. The van der Waals surface area contributed by atoms with Gasteiger partial charge in [-0.2, -0.15) is 0 Å². The second kappa shape index (κ2) is 5.32. The Hall–Kier alpha value is -1.07. The first-order chi connectivity index (χ1) is 7.48. The molecule has 0 amide bonds. The maximum Gasteiger partial charge on any atom is 0.211 e. The number of sulfonamides is 1. The largest absolute Gasteiger partial charge is 0.497 e. The van der Waals surface area contributed by atoms with E-state index in [-0.39, 0.29) is 11.8 Å². The number of rotatable bonds is 5. The fourth-order valence-corrected chi connectivity index (χ4v) is 2.15. The van der Waals surface area contributed by atoms with E-state index in [2.05, 4.69) is 4.72 Å². The van der Waals surface area contributed by atoms with Gasteiger partial charge >= 0.3 is 0 Å². The molecule has 0 fully saturated rings. The molecule has 1 rings (SSSR count). The maximum atomic E-state index is 11.4. The lowest BCUT2D eigenvalue weighted by Gasteiger charge is -2.14. The third-order valence-electron chi connectivity index (χ3n) is 2.35. The third-order valence-corrected chi connectivity index (χ3v) is 3.82. The fourth-order valence-electron chi connectivity index (χ4n) is 1.31. The minimum Gasteiger partial charge on any atom is -0.497 e. The summed E-state index contributed by atoms with van der Waals surface area (Å²) in [6.07, 6.45) is 0. The number of hydrogen-bond donors (Lipinski definition) is 1. The Balaban J connectivity index is 2.77. The first-order valence-corrected chi connectivity index (χ1v) is 6.77. The quantitative estimate of drug-likeness (QED) is 0.856. The monoisotopic (exact) mass is 243 g/mol. The molecule has 0 aliphatic carbocycles. The van der Waals surface area contributed by atoms with E-state index in [1.807, 2.05) is 31.2 Å². The Morgan fingerprint density at radius 2 is 1.88 bits per heavy atom. The van der Waals surface area contributed by atoms with Gasteiger partial charge in [0.15, 0.2) is 0 Å². The second-order valence-corrected chi connectivity index (χ2v) is 5.56. The molecule has 0 aromatic heterocycles. The van der Waals surface area contributed by atoms with Gasteiger partial charge < -0.3 is 4.74 Å². The number of benzene rings is 1. The van der Waals surface area contributed by atoms with Gasteiger partial charge in [-0.1, -0.05) is 12.1 Å². The third kappa shape index (κ3) is 3.50. The van der Waals surface area contributed by atoms with E-state index in [0.29, 0.717) is 0 Å². The average Bonchev–Trinajstić information content (AvgIpc) is 2.28. The summed E-state index contributed by atoms with van der Waals surface area (Å²) in [6.45, 7) is 3.43. The van der Waals surface area contributed by atoms with Gasteiger partial charge in [-0.05, 0) is 31.5 Å². The highest BCUT2D eigenvalue weighted by molar-refractivity contribution is 7.89. The van der Waals surface area contributed by atoms with Crippen LogP contribution in [0, 0.1) is 0 Å². The van der Waals surface area contributed by atoms with Gasteiger partial charge in [0.1, 0.15) is 5.75 Å². The molecule has 1 N–H and O–H groups in total. The Labute approximate surface area is 96.7 Å². The van der Waals surface area contributed by atoms with Gasteiger partial charge in [-0.25, -0.2) is 13.1 Å². The lowest BCUT2D eigenvalue weighted by atomic mass is 10.1. The van der Waals surface area contributed by atoms with Crippen LogP contribution in [0.3, 0.4) is 0 Å². The van der Waals surface area contributed by atoms with E-state index < -0.39 is 10.0 Å². The molecule has 0 spiro atoms.